The van der Waals surface area contributed by atoms with Crippen LogP contribution in [0.1, 0.15) is 68.5 Å². The molecule has 0 radical (unpaired) electrons. The number of fused-ring (bicyclic) bond motifs is 1. The van der Waals surface area contributed by atoms with Gasteiger partial charge in [0.2, 0.25) is 0 Å². The van der Waals surface area contributed by atoms with E-state index < -0.39 is 0 Å². The number of rotatable bonds is 1. The monoisotopic (exact) mass is 245 g/mol. The van der Waals surface area contributed by atoms with Crippen molar-refractivity contribution in [3.8, 4) is 0 Å². The second-order valence-corrected chi connectivity index (χ2v) is 7.10. The van der Waals surface area contributed by atoms with Gasteiger partial charge in [-0.3, -0.25) is 4.79 Å². The average Bonchev–Trinajstić information content (AvgIpc) is 2.82. The first-order valence-electron chi connectivity index (χ1n) is 7.19. The number of hydrogen-bond donors (Lipinski definition) is 0. The van der Waals surface area contributed by atoms with Crippen molar-refractivity contribution < 1.29 is 4.79 Å². The second-order valence-electron chi connectivity index (χ2n) is 7.10. The van der Waals surface area contributed by atoms with Crippen LogP contribution in [0.2, 0.25) is 0 Å². The van der Waals surface area contributed by atoms with E-state index in [0.29, 0.717) is 18.2 Å². The second kappa shape index (κ2) is 3.97. The van der Waals surface area contributed by atoms with E-state index >= 15 is 0 Å². The van der Waals surface area contributed by atoms with Crippen molar-refractivity contribution in [2.24, 2.45) is 11.3 Å². The Balaban J connectivity index is 1.97. The predicted molar refractivity (Wildman–Crippen MR) is 72.9 cm³/mol. The molecule has 2 aliphatic rings. The highest BCUT2D eigenvalue weighted by Crippen LogP contribution is 2.40. The normalized spacial score (nSPS) is 30.5. The number of carbonyl (C=O) groups excluding carboxylic acids is 1. The summed E-state index contributed by atoms with van der Waals surface area (Å²) >= 11 is 0. The summed E-state index contributed by atoms with van der Waals surface area (Å²) in [5.41, 5.74) is 2.42. The molecule has 0 aromatic carbocycles. The van der Waals surface area contributed by atoms with E-state index in [9.17, 15) is 4.79 Å². The molecule has 1 aromatic rings. The Hall–Kier alpha value is -1.05. The molecule has 2 unspecified atom stereocenters. The van der Waals surface area contributed by atoms with Crippen LogP contribution in [0.3, 0.4) is 0 Å². The quantitative estimate of drug-likeness (QED) is 0.733. The number of ketones is 1. The Morgan fingerprint density at radius 2 is 2.06 bits per heavy atom. The lowest BCUT2D eigenvalue weighted by Crippen LogP contribution is -2.28. The van der Waals surface area contributed by atoms with Crippen molar-refractivity contribution in [2.45, 2.75) is 58.9 Å². The molecule has 2 heteroatoms. The van der Waals surface area contributed by atoms with Crippen molar-refractivity contribution >= 4 is 5.78 Å². The summed E-state index contributed by atoms with van der Waals surface area (Å²) in [5.74, 6) is 1.17. The van der Waals surface area contributed by atoms with Gasteiger partial charge in [0.25, 0.3) is 0 Å². The van der Waals surface area contributed by atoms with E-state index in [4.69, 9.17) is 0 Å². The van der Waals surface area contributed by atoms with Gasteiger partial charge in [-0.2, -0.15) is 0 Å². The van der Waals surface area contributed by atoms with Crippen LogP contribution in [-0.2, 0) is 6.42 Å². The minimum atomic E-state index is 0.129. The molecule has 2 nitrogen and oxygen atoms in total. The maximum Gasteiger partial charge on any atom is 0.165 e. The van der Waals surface area contributed by atoms with E-state index in [1.165, 1.54) is 25.0 Å². The van der Waals surface area contributed by atoms with Crippen LogP contribution >= 0.6 is 0 Å². The first kappa shape index (κ1) is 12.0. The summed E-state index contributed by atoms with van der Waals surface area (Å²) < 4.78 is 2.41. The molecule has 3 rings (SSSR count). The lowest BCUT2D eigenvalue weighted by atomic mass is 9.76. The molecular weight excluding hydrogens is 222 g/mol. The van der Waals surface area contributed by atoms with Crippen molar-refractivity contribution in [1.29, 1.82) is 0 Å². The van der Waals surface area contributed by atoms with Gasteiger partial charge < -0.3 is 4.57 Å². The van der Waals surface area contributed by atoms with Gasteiger partial charge in [-0.1, -0.05) is 20.8 Å². The fourth-order valence-corrected chi connectivity index (χ4v) is 3.74. The largest absolute Gasteiger partial charge is 0.348 e. The molecular formula is C16H23NO. The van der Waals surface area contributed by atoms with Crippen LogP contribution in [0.25, 0.3) is 0 Å². The number of hydrogen-bond acceptors (Lipinski definition) is 1. The topological polar surface area (TPSA) is 22.0 Å². The molecule has 98 valence electrons. The molecule has 18 heavy (non-hydrogen) atoms. The maximum absolute atomic E-state index is 12.2. The summed E-state index contributed by atoms with van der Waals surface area (Å²) in [4.78, 5) is 12.2. The molecule has 0 aliphatic heterocycles. The van der Waals surface area contributed by atoms with Crippen LogP contribution in [0.5, 0.6) is 0 Å². The number of aromatic nitrogens is 1. The van der Waals surface area contributed by atoms with Gasteiger partial charge in [-0.25, -0.2) is 0 Å². The third-order valence-corrected chi connectivity index (χ3v) is 4.67. The van der Waals surface area contributed by atoms with Crippen LogP contribution < -0.4 is 0 Å². The van der Waals surface area contributed by atoms with Gasteiger partial charge in [0.15, 0.2) is 5.78 Å². The Labute approximate surface area is 109 Å². The molecule has 0 bridgehead atoms. The summed E-state index contributed by atoms with van der Waals surface area (Å²) in [6.07, 6.45) is 7.78. The third-order valence-electron chi connectivity index (χ3n) is 4.67. The molecule has 0 N–H and O–H groups in total. The summed E-state index contributed by atoms with van der Waals surface area (Å²) in [5, 5.41) is 0. The van der Waals surface area contributed by atoms with Crippen molar-refractivity contribution in [2.75, 3.05) is 0 Å². The lowest BCUT2D eigenvalue weighted by Gasteiger charge is -2.31. The van der Waals surface area contributed by atoms with Crippen LogP contribution in [0.4, 0.5) is 0 Å². The molecule has 0 spiro atoms. The zero-order valence-corrected chi connectivity index (χ0v) is 11.7. The number of nitrogens with zero attached hydrogens (tertiary/aromatic N) is 1. The summed E-state index contributed by atoms with van der Waals surface area (Å²) in [6, 6.07) is 2.68. The molecule has 0 saturated heterocycles. The van der Waals surface area contributed by atoms with Gasteiger partial charge in [0.05, 0.1) is 0 Å². The van der Waals surface area contributed by atoms with Crippen molar-refractivity contribution in [3.05, 3.63) is 23.5 Å². The van der Waals surface area contributed by atoms with Gasteiger partial charge in [-0.15, -0.1) is 0 Å². The summed E-state index contributed by atoms with van der Waals surface area (Å²) in [7, 11) is 0. The third kappa shape index (κ3) is 1.92. The minimum absolute atomic E-state index is 0.129. The van der Waals surface area contributed by atoms with Gasteiger partial charge in [0, 0.05) is 29.9 Å². The highest BCUT2D eigenvalue weighted by atomic mass is 16.1. The van der Waals surface area contributed by atoms with Crippen LogP contribution in [0, 0.1) is 11.3 Å². The molecule has 1 aromatic heterocycles. The highest BCUT2D eigenvalue weighted by molar-refractivity contribution is 5.98. The summed E-state index contributed by atoms with van der Waals surface area (Å²) in [6.45, 7) is 6.76. The standard InChI is InChI=1S/C16H23NO/c1-11-4-5-12(8-11)17-7-6-13-14(17)9-16(2,3)10-15(13)18/h6-7,11-12H,4-5,8-10H2,1-3H3. The zero-order chi connectivity index (χ0) is 12.9. The molecule has 1 saturated carbocycles. The number of carbonyl (C=O) groups is 1. The predicted octanol–water partition coefficient (Wildman–Crippen LogP) is 4.00. The Bertz CT molecular complexity index is 483. The molecule has 1 fully saturated rings. The fraction of sp³-hybridized carbons (Fsp3) is 0.688. The lowest BCUT2D eigenvalue weighted by molar-refractivity contribution is 0.0909. The molecule has 1 heterocycles. The highest BCUT2D eigenvalue weighted by Gasteiger charge is 2.35. The smallest absolute Gasteiger partial charge is 0.165 e. The van der Waals surface area contributed by atoms with E-state index in [2.05, 4.69) is 37.6 Å². The van der Waals surface area contributed by atoms with Gasteiger partial charge >= 0.3 is 0 Å². The van der Waals surface area contributed by atoms with Crippen LogP contribution in [-0.4, -0.2) is 10.4 Å². The number of Topliss-reactive ketones (excluding diaryl/α,β-unsaturated/α-hetero) is 1. The van der Waals surface area contributed by atoms with E-state index in [-0.39, 0.29) is 5.41 Å². The fourth-order valence-electron chi connectivity index (χ4n) is 3.74. The molecule has 0 amide bonds. The van der Waals surface area contributed by atoms with E-state index in [1.54, 1.807) is 0 Å². The Kier molecular flexibility index (Phi) is 2.65. The van der Waals surface area contributed by atoms with E-state index in [1.807, 2.05) is 0 Å². The Morgan fingerprint density at radius 3 is 2.72 bits per heavy atom. The van der Waals surface area contributed by atoms with Crippen LogP contribution in [0.15, 0.2) is 12.3 Å². The molecule has 2 aliphatic carbocycles. The van der Waals surface area contributed by atoms with E-state index in [0.717, 1.165) is 17.9 Å². The average molecular weight is 245 g/mol. The molecule has 2 atom stereocenters. The maximum atomic E-state index is 12.2. The van der Waals surface area contributed by atoms with Crippen molar-refractivity contribution in [1.82, 2.24) is 4.57 Å². The Morgan fingerprint density at radius 1 is 1.28 bits per heavy atom. The van der Waals surface area contributed by atoms with Gasteiger partial charge in [-0.05, 0) is 43.1 Å². The zero-order valence-electron chi connectivity index (χ0n) is 11.7. The first-order chi connectivity index (χ1) is 8.46. The first-order valence-corrected chi connectivity index (χ1v) is 7.19. The van der Waals surface area contributed by atoms with Gasteiger partial charge in [0.1, 0.15) is 0 Å². The minimum Gasteiger partial charge on any atom is -0.348 e. The van der Waals surface area contributed by atoms with Crippen molar-refractivity contribution in [3.63, 3.8) is 0 Å². The SMILES string of the molecule is CC1CCC(n2ccc3c2CC(C)(C)CC3=O)C1.